The Kier molecular flexibility index (Phi) is 16.2. The molecule has 340 valence electrons. The van der Waals surface area contributed by atoms with Crippen LogP contribution < -0.4 is 26.6 Å². The highest BCUT2D eigenvalue weighted by Gasteiger charge is 2.42. The maximum atomic E-state index is 13.3. The van der Waals surface area contributed by atoms with Gasteiger partial charge in [0.1, 0.15) is 24.8 Å². The van der Waals surface area contributed by atoms with Crippen LogP contribution in [0.5, 0.6) is 0 Å². The van der Waals surface area contributed by atoms with Crippen molar-refractivity contribution in [3.63, 3.8) is 0 Å². The van der Waals surface area contributed by atoms with Crippen molar-refractivity contribution >= 4 is 52.2 Å². The van der Waals surface area contributed by atoms with Crippen molar-refractivity contribution in [2.24, 2.45) is 11.8 Å². The molecule has 3 atom stereocenters. The standard InChI is InChI=1S/C42H53F3N10O8/c1-54-36(58)22-31(37(54)27-3-2-12-46-23-27)40(60)49-15-19-62-18-11-34(56)47-14-20-63-24-35(57)52-29-7-4-26(5-8-29)39(59)48-13-17-55-16-10-33(41(55)61)53-38-30-21-28(42(43,44)45)6-9-32(30)50-25-51-38/h2-3,6,9,12,21,23,25-26,29,31,33,37H,4-5,7-8,10-11,13-20,22,24H2,1H3,(H,47,56)(H,48,59)(H,49,60)(H,52,57)(H,50,51,53)/t26-,29+,31-,33-,37+/m0/s1. The maximum Gasteiger partial charge on any atom is 0.416 e. The van der Waals surface area contributed by atoms with Gasteiger partial charge >= 0.3 is 6.18 Å². The molecule has 0 radical (unpaired) electrons. The minimum absolute atomic E-state index is 0.0992. The summed E-state index contributed by atoms with van der Waals surface area (Å²) in [6.45, 7) is 1.64. The molecule has 21 heteroatoms. The fourth-order valence-corrected chi connectivity index (χ4v) is 8.11. The number of nitrogens with one attached hydrogen (secondary N) is 5. The number of pyridine rings is 1. The number of ether oxygens (including phenoxy) is 2. The zero-order valence-electron chi connectivity index (χ0n) is 35.0. The van der Waals surface area contributed by atoms with Gasteiger partial charge in [-0.1, -0.05) is 6.07 Å². The number of carbonyl (C=O) groups excluding carboxylic acids is 6. The van der Waals surface area contributed by atoms with Crippen LogP contribution in [0.15, 0.2) is 49.1 Å². The van der Waals surface area contributed by atoms with Crippen LogP contribution in [0, 0.1) is 11.8 Å². The number of likely N-dealkylation sites (tertiary alicyclic amines) is 2. The smallest absolute Gasteiger partial charge is 0.379 e. The number of carbonyl (C=O) groups is 6. The summed E-state index contributed by atoms with van der Waals surface area (Å²) in [5.41, 5.74) is 0.266. The molecule has 6 rings (SSSR count). The van der Waals surface area contributed by atoms with Crippen molar-refractivity contribution in [2.45, 2.75) is 69.2 Å². The average Bonchev–Trinajstić information content (AvgIpc) is 3.77. The summed E-state index contributed by atoms with van der Waals surface area (Å²) in [7, 11) is 1.67. The van der Waals surface area contributed by atoms with E-state index >= 15 is 0 Å². The number of halogens is 3. The van der Waals surface area contributed by atoms with E-state index < -0.39 is 29.7 Å². The lowest BCUT2D eigenvalue weighted by Crippen LogP contribution is -2.43. The summed E-state index contributed by atoms with van der Waals surface area (Å²) in [4.78, 5) is 91.2. The third-order valence-electron chi connectivity index (χ3n) is 11.5. The van der Waals surface area contributed by atoms with E-state index in [2.05, 4.69) is 41.5 Å². The summed E-state index contributed by atoms with van der Waals surface area (Å²) in [5, 5.41) is 14.5. The Hall–Kier alpha value is -5.96. The minimum atomic E-state index is -4.54. The Morgan fingerprint density at radius 1 is 0.873 bits per heavy atom. The fourth-order valence-electron chi connectivity index (χ4n) is 8.11. The van der Waals surface area contributed by atoms with Crippen molar-refractivity contribution in [1.82, 2.24) is 46.0 Å². The third-order valence-corrected chi connectivity index (χ3v) is 11.5. The molecule has 1 saturated carbocycles. The minimum Gasteiger partial charge on any atom is -0.379 e. The lowest BCUT2D eigenvalue weighted by molar-refractivity contribution is -0.137. The summed E-state index contributed by atoms with van der Waals surface area (Å²) in [6, 6.07) is 5.60. The summed E-state index contributed by atoms with van der Waals surface area (Å²) < 4.78 is 50.8. The van der Waals surface area contributed by atoms with Crippen LogP contribution in [0.2, 0.25) is 0 Å². The number of alkyl halides is 3. The molecule has 0 spiro atoms. The van der Waals surface area contributed by atoms with Crippen molar-refractivity contribution in [1.29, 1.82) is 0 Å². The first-order chi connectivity index (χ1) is 30.3. The second kappa shape index (κ2) is 21.9. The Labute approximate surface area is 361 Å². The van der Waals surface area contributed by atoms with Gasteiger partial charge in [0.05, 0.1) is 42.9 Å². The first-order valence-electron chi connectivity index (χ1n) is 21.1. The molecule has 1 aromatic carbocycles. The van der Waals surface area contributed by atoms with Gasteiger partial charge in [-0.05, 0) is 61.9 Å². The molecule has 2 aromatic heterocycles. The molecule has 2 saturated heterocycles. The number of hydrogen-bond donors (Lipinski definition) is 5. The van der Waals surface area contributed by atoms with E-state index in [-0.39, 0.29) is 124 Å². The Bertz CT molecular complexity index is 2090. The highest BCUT2D eigenvalue weighted by Crippen LogP contribution is 2.37. The van der Waals surface area contributed by atoms with Crippen LogP contribution in [0.3, 0.4) is 0 Å². The van der Waals surface area contributed by atoms with Gasteiger partial charge in [0.15, 0.2) is 0 Å². The van der Waals surface area contributed by atoms with Crippen LogP contribution in [0.1, 0.15) is 62.1 Å². The largest absolute Gasteiger partial charge is 0.416 e. The van der Waals surface area contributed by atoms with Crippen molar-refractivity contribution in [3.8, 4) is 0 Å². The van der Waals surface area contributed by atoms with Gasteiger partial charge in [0.2, 0.25) is 35.4 Å². The van der Waals surface area contributed by atoms with Crippen LogP contribution in [-0.2, 0) is 44.4 Å². The zero-order chi connectivity index (χ0) is 44.9. The monoisotopic (exact) mass is 882 g/mol. The lowest BCUT2D eigenvalue weighted by atomic mass is 9.85. The molecular weight excluding hydrogens is 830 g/mol. The van der Waals surface area contributed by atoms with Crippen molar-refractivity contribution in [2.75, 3.05) is 71.5 Å². The number of amides is 6. The molecule has 3 fully saturated rings. The molecule has 4 heterocycles. The van der Waals surface area contributed by atoms with Gasteiger partial charge in [-0.3, -0.25) is 33.8 Å². The van der Waals surface area contributed by atoms with Gasteiger partial charge < -0.3 is 45.9 Å². The van der Waals surface area contributed by atoms with E-state index in [0.717, 1.165) is 17.7 Å². The van der Waals surface area contributed by atoms with E-state index in [1.54, 1.807) is 35.3 Å². The van der Waals surface area contributed by atoms with Crippen LogP contribution in [-0.4, -0.2) is 138 Å². The predicted octanol–water partition coefficient (Wildman–Crippen LogP) is 1.72. The topological polar surface area (TPSA) is 226 Å². The number of benzene rings is 1. The molecule has 0 bridgehead atoms. The number of rotatable bonds is 20. The highest BCUT2D eigenvalue weighted by atomic mass is 19.4. The van der Waals surface area contributed by atoms with E-state index in [0.29, 0.717) is 44.2 Å². The van der Waals surface area contributed by atoms with Crippen LogP contribution >= 0.6 is 0 Å². The summed E-state index contributed by atoms with van der Waals surface area (Å²) in [5.74, 6) is -1.92. The van der Waals surface area contributed by atoms with Gasteiger partial charge in [0.25, 0.3) is 0 Å². The molecule has 0 unspecified atom stereocenters. The van der Waals surface area contributed by atoms with Gasteiger partial charge in [-0.15, -0.1) is 0 Å². The SMILES string of the molecule is CN1C(=O)C[C@H](C(=O)NCCOCCC(=O)NCCOCC(=O)N[C@H]2CC[C@@H](C(=O)NCCN3CC[C@H](Nc4ncnc5ccc(C(F)(F)F)cc45)C3=O)CC2)[C@H]1c1cccnc1. The second-order valence-electron chi connectivity index (χ2n) is 15.8. The second-order valence-corrected chi connectivity index (χ2v) is 15.8. The van der Waals surface area contributed by atoms with E-state index in [1.165, 1.54) is 12.4 Å². The van der Waals surface area contributed by atoms with Crippen LogP contribution in [0.4, 0.5) is 19.0 Å². The molecule has 6 amide bonds. The Morgan fingerprint density at radius 3 is 2.40 bits per heavy atom. The maximum absolute atomic E-state index is 13.3. The zero-order valence-corrected chi connectivity index (χ0v) is 35.0. The highest BCUT2D eigenvalue weighted by molar-refractivity contribution is 5.93. The van der Waals surface area contributed by atoms with E-state index in [1.807, 2.05) is 6.07 Å². The Balaban J connectivity index is 0.766. The molecule has 5 N–H and O–H groups in total. The Morgan fingerprint density at radius 2 is 1.63 bits per heavy atom. The number of fused-ring (bicyclic) bond motifs is 1. The lowest BCUT2D eigenvalue weighted by Gasteiger charge is -2.28. The molecule has 3 aromatic rings. The number of aromatic nitrogens is 3. The van der Waals surface area contributed by atoms with Gasteiger partial charge in [-0.2, -0.15) is 13.2 Å². The van der Waals surface area contributed by atoms with Crippen molar-refractivity contribution < 1.29 is 51.4 Å². The first-order valence-corrected chi connectivity index (χ1v) is 21.1. The average molecular weight is 883 g/mol. The number of anilines is 1. The van der Waals surface area contributed by atoms with Gasteiger partial charge in [-0.25, -0.2) is 9.97 Å². The van der Waals surface area contributed by atoms with Crippen LogP contribution in [0.25, 0.3) is 10.9 Å². The van der Waals surface area contributed by atoms with E-state index in [9.17, 15) is 41.9 Å². The normalized spacial score (nSPS) is 21.4. The first kappa shape index (κ1) is 46.5. The molecule has 3 aliphatic rings. The van der Waals surface area contributed by atoms with E-state index in [4.69, 9.17) is 9.47 Å². The molecule has 1 aliphatic carbocycles. The summed E-state index contributed by atoms with van der Waals surface area (Å²) in [6.07, 6.45) is 2.97. The molecule has 2 aliphatic heterocycles. The molecule has 63 heavy (non-hydrogen) atoms. The van der Waals surface area contributed by atoms with Crippen molar-refractivity contribution in [3.05, 3.63) is 60.2 Å². The third kappa shape index (κ3) is 12.8. The number of hydrogen-bond acceptors (Lipinski definition) is 12. The quantitative estimate of drug-likeness (QED) is 0.102. The predicted molar refractivity (Wildman–Crippen MR) is 220 cm³/mol. The molecule has 18 nitrogen and oxygen atoms in total. The number of nitrogens with zero attached hydrogens (tertiary/aromatic N) is 5. The molecular formula is C42H53F3N10O8. The summed E-state index contributed by atoms with van der Waals surface area (Å²) >= 11 is 0. The van der Waals surface area contributed by atoms with Gasteiger partial charge in [0, 0.05) is 82.4 Å². The fraction of sp³-hybridized carbons (Fsp3) is 0.548.